The van der Waals surface area contributed by atoms with Gasteiger partial charge in [0.1, 0.15) is 0 Å². The Labute approximate surface area is 167 Å². The topological polar surface area (TPSA) is 71.5 Å². The van der Waals surface area contributed by atoms with Gasteiger partial charge in [-0.3, -0.25) is 0 Å². The van der Waals surface area contributed by atoms with Crippen molar-refractivity contribution in [2.45, 2.75) is 18.8 Å². The molecule has 7 heteroatoms. The molecule has 28 heavy (non-hydrogen) atoms. The molecule has 3 aromatic rings. The number of anilines is 1. The molecule has 0 bridgehead atoms. The fourth-order valence-electron chi connectivity index (χ4n) is 3.47. The maximum Gasteiger partial charge on any atom is 0.337 e. The van der Waals surface area contributed by atoms with E-state index in [4.69, 9.17) is 9.72 Å². The number of para-hydroxylation sites is 1. The van der Waals surface area contributed by atoms with Gasteiger partial charge in [0.05, 0.1) is 27.9 Å². The first kappa shape index (κ1) is 18.4. The summed E-state index contributed by atoms with van der Waals surface area (Å²) in [5.41, 5.74) is 2.00. The number of thiazole rings is 1. The van der Waals surface area contributed by atoms with Gasteiger partial charge < -0.3 is 15.0 Å². The summed E-state index contributed by atoms with van der Waals surface area (Å²) in [6.45, 7) is 1.35. The highest BCUT2D eigenvalue weighted by Gasteiger charge is 2.27. The van der Waals surface area contributed by atoms with Crippen LogP contribution in [0.15, 0.2) is 48.5 Å². The number of carbonyl (C=O) groups is 2. The van der Waals surface area contributed by atoms with Gasteiger partial charge in [0, 0.05) is 24.7 Å². The molecular formula is C21H21N3O3S. The number of hydrogen-bond acceptors (Lipinski definition) is 5. The van der Waals surface area contributed by atoms with Crippen molar-refractivity contribution in [3.8, 4) is 0 Å². The number of urea groups is 1. The number of rotatable bonds is 3. The molecule has 1 fully saturated rings. The molecule has 1 atom stereocenters. The number of hydrogen-bond donors (Lipinski definition) is 1. The molecule has 0 aliphatic carbocycles. The van der Waals surface area contributed by atoms with Crippen LogP contribution in [0, 0.1) is 0 Å². The Hall–Kier alpha value is -2.93. The second-order valence-corrected chi connectivity index (χ2v) is 7.87. The third-order valence-electron chi connectivity index (χ3n) is 4.90. The van der Waals surface area contributed by atoms with Crippen molar-refractivity contribution in [1.82, 2.24) is 9.88 Å². The van der Waals surface area contributed by atoms with Crippen LogP contribution in [0.4, 0.5) is 10.5 Å². The number of nitrogens with zero attached hydrogens (tertiary/aromatic N) is 2. The number of carbonyl (C=O) groups excluding carboxylic acids is 2. The Kier molecular flexibility index (Phi) is 5.25. The van der Waals surface area contributed by atoms with Crippen molar-refractivity contribution in [1.29, 1.82) is 0 Å². The van der Waals surface area contributed by atoms with Crippen molar-refractivity contribution in [3.63, 3.8) is 0 Å². The first-order chi connectivity index (χ1) is 13.6. The largest absolute Gasteiger partial charge is 0.465 e. The van der Waals surface area contributed by atoms with E-state index in [1.807, 2.05) is 23.1 Å². The number of fused-ring (bicyclic) bond motifs is 1. The zero-order valence-electron chi connectivity index (χ0n) is 15.6. The highest BCUT2D eigenvalue weighted by Crippen LogP contribution is 2.33. The first-order valence-corrected chi connectivity index (χ1v) is 10.1. The van der Waals surface area contributed by atoms with Crippen LogP contribution < -0.4 is 5.32 Å². The lowest BCUT2D eigenvalue weighted by Gasteiger charge is -2.31. The van der Waals surface area contributed by atoms with Crippen molar-refractivity contribution in [3.05, 3.63) is 59.1 Å². The summed E-state index contributed by atoms with van der Waals surface area (Å²) in [7, 11) is 1.34. The van der Waals surface area contributed by atoms with Gasteiger partial charge >= 0.3 is 12.0 Å². The van der Waals surface area contributed by atoms with Gasteiger partial charge in [-0.2, -0.15) is 0 Å². The van der Waals surface area contributed by atoms with Gasteiger partial charge in [-0.25, -0.2) is 14.6 Å². The number of nitrogens with one attached hydrogen (secondary N) is 1. The van der Waals surface area contributed by atoms with Gasteiger partial charge in [-0.1, -0.05) is 18.2 Å². The van der Waals surface area contributed by atoms with Crippen LogP contribution in [0.1, 0.15) is 34.1 Å². The molecule has 1 N–H and O–H groups in total. The Morgan fingerprint density at radius 1 is 1.21 bits per heavy atom. The van der Waals surface area contributed by atoms with Gasteiger partial charge in [-0.15, -0.1) is 11.3 Å². The van der Waals surface area contributed by atoms with E-state index in [0.717, 1.165) is 23.4 Å². The number of amides is 2. The average Bonchev–Trinajstić information content (AvgIpc) is 3.18. The van der Waals surface area contributed by atoms with Crippen LogP contribution in [0.2, 0.25) is 0 Å². The average molecular weight is 395 g/mol. The second-order valence-electron chi connectivity index (χ2n) is 6.81. The SMILES string of the molecule is COC(=O)c1cccc(NC(=O)N2CCC[C@@H](c3nc4ccccc4s3)C2)c1. The number of likely N-dealkylation sites (tertiary alicyclic amines) is 1. The highest BCUT2D eigenvalue weighted by atomic mass is 32.1. The molecule has 2 aromatic carbocycles. The summed E-state index contributed by atoms with van der Waals surface area (Å²) in [6.07, 6.45) is 1.97. The van der Waals surface area contributed by atoms with Crippen molar-refractivity contribution < 1.29 is 14.3 Å². The van der Waals surface area contributed by atoms with E-state index in [1.165, 1.54) is 11.8 Å². The Balaban J connectivity index is 1.45. The molecule has 0 unspecified atom stereocenters. The standard InChI is InChI=1S/C21H21N3O3S/c1-27-20(25)14-6-4-8-16(12-14)22-21(26)24-11-5-7-15(13-24)19-23-17-9-2-3-10-18(17)28-19/h2-4,6,8-10,12,15H,5,7,11,13H2,1H3,(H,22,26)/t15-/m1/s1. The third-order valence-corrected chi connectivity index (χ3v) is 6.10. The number of esters is 1. The summed E-state index contributed by atoms with van der Waals surface area (Å²) in [6, 6.07) is 14.7. The molecule has 1 aliphatic rings. The molecule has 1 saturated heterocycles. The monoisotopic (exact) mass is 395 g/mol. The lowest BCUT2D eigenvalue weighted by molar-refractivity contribution is 0.0600. The van der Waals surface area contributed by atoms with E-state index >= 15 is 0 Å². The molecule has 6 nitrogen and oxygen atoms in total. The minimum absolute atomic E-state index is 0.159. The zero-order valence-corrected chi connectivity index (χ0v) is 16.4. The number of methoxy groups -OCH3 is 1. The van der Waals surface area contributed by atoms with Gasteiger partial charge in [0.15, 0.2) is 0 Å². The van der Waals surface area contributed by atoms with Crippen LogP contribution in [-0.4, -0.2) is 42.1 Å². The van der Waals surface area contributed by atoms with E-state index in [9.17, 15) is 9.59 Å². The normalized spacial score (nSPS) is 16.8. The van der Waals surface area contributed by atoms with E-state index in [1.54, 1.807) is 35.6 Å². The number of benzene rings is 2. The fraction of sp³-hybridized carbons (Fsp3) is 0.286. The van der Waals surface area contributed by atoms with Crippen LogP contribution in [-0.2, 0) is 4.74 Å². The quantitative estimate of drug-likeness (QED) is 0.663. The molecule has 144 valence electrons. The lowest BCUT2D eigenvalue weighted by atomic mass is 9.99. The smallest absolute Gasteiger partial charge is 0.337 e. The number of aromatic nitrogens is 1. The Morgan fingerprint density at radius 3 is 2.89 bits per heavy atom. The molecular weight excluding hydrogens is 374 g/mol. The van der Waals surface area contributed by atoms with Crippen LogP contribution in [0.3, 0.4) is 0 Å². The lowest BCUT2D eigenvalue weighted by Crippen LogP contribution is -2.41. The van der Waals surface area contributed by atoms with Crippen LogP contribution >= 0.6 is 11.3 Å². The fourth-order valence-corrected chi connectivity index (χ4v) is 4.57. The van der Waals surface area contributed by atoms with Crippen molar-refractivity contribution in [2.75, 3.05) is 25.5 Å². The molecule has 0 spiro atoms. The number of ether oxygens (including phenoxy) is 1. The maximum atomic E-state index is 12.7. The third kappa shape index (κ3) is 3.84. The molecule has 0 saturated carbocycles. The van der Waals surface area contributed by atoms with E-state index in [0.29, 0.717) is 24.3 Å². The predicted molar refractivity (Wildman–Crippen MR) is 110 cm³/mol. The molecule has 1 aliphatic heterocycles. The highest BCUT2D eigenvalue weighted by molar-refractivity contribution is 7.18. The minimum atomic E-state index is -0.426. The van der Waals surface area contributed by atoms with E-state index in [2.05, 4.69) is 11.4 Å². The van der Waals surface area contributed by atoms with Gasteiger partial charge in [0.2, 0.25) is 0 Å². The first-order valence-electron chi connectivity index (χ1n) is 9.24. The minimum Gasteiger partial charge on any atom is -0.465 e. The maximum absolute atomic E-state index is 12.7. The van der Waals surface area contributed by atoms with Crippen molar-refractivity contribution in [2.24, 2.45) is 0 Å². The Morgan fingerprint density at radius 2 is 2.07 bits per heavy atom. The van der Waals surface area contributed by atoms with Crippen molar-refractivity contribution >= 4 is 39.2 Å². The van der Waals surface area contributed by atoms with Crippen LogP contribution in [0.25, 0.3) is 10.2 Å². The summed E-state index contributed by atoms with van der Waals surface area (Å²) in [5.74, 6) is -0.178. The van der Waals surface area contributed by atoms with Crippen LogP contribution in [0.5, 0.6) is 0 Å². The molecule has 2 amide bonds. The van der Waals surface area contributed by atoms with E-state index < -0.39 is 5.97 Å². The predicted octanol–water partition coefficient (Wildman–Crippen LogP) is 4.49. The molecule has 1 aromatic heterocycles. The molecule has 4 rings (SSSR count). The van der Waals surface area contributed by atoms with Gasteiger partial charge in [-0.05, 0) is 43.2 Å². The molecule has 0 radical (unpaired) electrons. The Bertz CT molecular complexity index is 984. The number of piperidine rings is 1. The zero-order chi connectivity index (χ0) is 19.5. The summed E-state index contributed by atoms with van der Waals surface area (Å²) < 4.78 is 5.91. The summed E-state index contributed by atoms with van der Waals surface area (Å²) in [4.78, 5) is 31.0. The summed E-state index contributed by atoms with van der Waals surface area (Å²) in [5, 5.41) is 3.98. The summed E-state index contributed by atoms with van der Waals surface area (Å²) >= 11 is 1.71. The van der Waals surface area contributed by atoms with Gasteiger partial charge in [0.25, 0.3) is 0 Å². The second kappa shape index (κ2) is 7.98. The van der Waals surface area contributed by atoms with E-state index in [-0.39, 0.29) is 11.9 Å². The molecule has 2 heterocycles.